The van der Waals surface area contributed by atoms with Gasteiger partial charge >= 0.3 is 5.97 Å². The molecule has 1 N–H and O–H groups in total. The Hall–Kier alpha value is -2.34. The summed E-state index contributed by atoms with van der Waals surface area (Å²) in [7, 11) is 0. The lowest BCUT2D eigenvalue weighted by Gasteiger charge is -2.26. The van der Waals surface area contributed by atoms with Crippen LogP contribution in [0.5, 0.6) is 0 Å². The van der Waals surface area contributed by atoms with Crippen molar-refractivity contribution in [3.05, 3.63) is 41.4 Å². The number of oxazole rings is 1. The molecule has 1 atom stereocenters. The monoisotopic (exact) mass is 364 g/mol. The van der Waals surface area contributed by atoms with Crippen LogP contribution in [0.4, 0.5) is 0 Å². The number of carbonyl (C=O) groups is 2. The second-order valence-corrected chi connectivity index (χ2v) is 6.18. The number of carboxylic acid groups (broad SMARTS) is 1. The highest BCUT2D eigenvalue weighted by atomic mass is 35.5. The SMILES string of the molecule is CCC(C)N(CC(=O)O)C(=O)CCc1ncc(-c2ccccc2Cl)o1. The molecule has 0 spiro atoms. The molecule has 6 nitrogen and oxygen atoms in total. The fourth-order valence-electron chi connectivity index (χ4n) is 2.42. The highest BCUT2D eigenvalue weighted by Gasteiger charge is 2.22. The van der Waals surface area contributed by atoms with E-state index in [1.165, 1.54) is 4.90 Å². The molecule has 0 aliphatic rings. The van der Waals surface area contributed by atoms with Crippen LogP contribution in [0.2, 0.25) is 5.02 Å². The van der Waals surface area contributed by atoms with Gasteiger partial charge in [0, 0.05) is 24.4 Å². The lowest BCUT2D eigenvalue weighted by atomic mass is 10.2. The molecular formula is C18H21ClN2O4. The first-order valence-corrected chi connectivity index (χ1v) is 8.51. The summed E-state index contributed by atoms with van der Waals surface area (Å²) >= 11 is 6.13. The van der Waals surface area contributed by atoms with Crippen LogP contribution in [-0.2, 0) is 16.0 Å². The van der Waals surface area contributed by atoms with Crippen molar-refractivity contribution in [2.45, 2.75) is 39.2 Å². The standard InChI is InChI=1S/C18H21ClN2O4/c1-3-12(2)21(11-18(23)24)17(22)9-8-16-20-10-15(25-16)13-6-4-5-7-14(13)19/h4-7,10,12H,3,8-9,11H2,1-2H3,(H,23,24). The van der Waals surface area contributed by atoms with Gasteiger partial charge in [0.25, 0.3) is 0 Å². The number of nitrogens with zero attached hydrogens (tertiary/aromatic N) is 2. The van der Waals surface area contributed by atoms with Gasteiger partial charge < -0.3 is 14.4 Å². The van der Waals surface area contributed by atoms with E-state index in [1.54, 1.807) is 12.3 Å². The van der Waals surface area contributed by atoms with Crippen molar-refractivity contribution in [1.82, 2.24) is 9.88 Å². The summed E-state index contributed by atoms with van der Waals surface area (Å²) in [5.41, 5.74) is 0.737. The minimum absolute atomic E-state index is 0.133. The van der Waals surface area contributed by atoms with Gasteiger partial charge in [0.15, 0.2) is 11.7 Å². The lowest BCUT2D eigenvalue weighted by Crippen LogP contribution is -2.41. The van der Waals surface area contributed by atoms with Gasteiger partial charge in [-0.25, -0.2) is 4.98 Å². The number of carbonyl (C=O) groups excluding carboxylic acids is 1. The molecule has 0 saturated heterocycles. The largest absolute Gasteiger partial charge is 0.480 e. The smallest absolute Gasteiger partial charge is 0.323 e. The highest BCUT2D eigenvalue weighted by molar-refractivity contribution is 6.33. The van der Waals surface area contributed by atoms with Crippen LogP contribution in [0.15, 0.2) is 34.9 Å². The summed E-state index contributed by atoms with van der Waals surface area (Å²) in [4.78, 5) is 28.9. The number of amides is 1. The molecule has 1 aromatic heterocycles. The minimum atomic E-state index is -1.02. The first kappa shape index (κ1) is 19.0. The third kappa shape index (κ3) is 5.06. The van der Waals surface area contributed by atoms with E-state index in [0.29, 0.717) is 29.5 Å². The quantitative estimate of drug-likeness (QED) is 0.773. The Kier molecular flexibility index (Phi) is 6.58. The van der Waals surface area contributed by atoms with Crippen molar-refractivity contribution in [3.63, 3.8) is 0 Å². The van der Waals surface area contributed by atoms with E-state index in [9.17, 15) is 9.59 Å². The molecule has 0 radical (unpaired) electrons. The van der Waals surface area contributed by atoms with E-state index in [4.69, 9.17) is 21.1 Å². The first-order chi connectivity index (χ1) is 11.9. The molecule has 1 unspecified atom stereocenters. The number of aryl methyl sites for hydroxylation is 1. The van der Waals surface area contributed by atoms with Crippen LogP contribution < -0.4 is 0 Å². The molecule has 2 aromatic rings. The second kappa shape index (κ2) is 8.67. The highest BCUT2D eigenvalue weighted by Crippen LogP contribution is 2.28. The van der Waals surface area contributed by atoms with E-state index in [0.717, 1.165) is 5.56 Å². The van der Waals surface area contributed by atoms with Crippen molar-refractivity contribution in [3.8, 4) is 11.3 Å². The zero-order valence-corrected chi connectivity index (χ0v) is 15.0. The normalized spacial score (nSPS) is 12.0. The van der Waals surface area contributed by atoms with Crippen molar-refractivity contribution >= 4 is 23.5 Å². The van der Waals surface area contributed by atoms with E-state index >= 15 is 0 Å². The van der Waals surface area contributed by atoms with Gasteiger partial charge in [-0.3, -0.25) is 9.59 Å². The van der Waals surface area contributed by atoms with Crippen LogP contribution in [0, 0.1) is 0 Å². The maximum atomic E-state index is 12.4. The van der Waals surface area contributed by atoms with E-state index in [1.807, 2.05) is 32.0 Å². The van der Waals surface area contributed by atoms with Crippen LogP contribution in [0.3, 0.4) is 0 Å². The Labute approximate surface area is 151 Å². The lowest BCUT2D eigenvalue weighted by molar-refractivity contribution is -0.146. The van der Waals surface area contributed by atoms with Crippen molar-refractivity contribution in [1.29, 1.82) is 0 Å². The Bertz CT molecular complexity index is 744. The van der Waals surface area contributed by atoms with E-state index in [2.05, 4.69) is 4.98 Å². The van der Waals surface area contributed by atoms with Crippen LogP contribution in [0.25, 0.3) is 11.3 Å². The van der Waals surface area contributed by atoms with Crippen molar-refractivity contribution < 1.29 is 19.1 Å². The Morgan fingerprint density at radius 3 is 2.72 bits per heavy atom. The van der Waals surface area contributed by atoms with Gasteiger partial charge in [-0.15, -0.1) is 0 Å². The molecule has 25 heavy (non-hydrogen) atoms. The topological polar surface area (TPSA) is 83.6 Å². The third-order valence-corrected chi connectivity index (χ3v) is 4.32. The van der Waals surface area contributed by atoms with Crippen LogP contribution in [-0.4, -0.2) is 39.5 Å². The zero-order chi connectivity index (χ0) is 18.4. The minimum Gasteiger partial charge on any atom is -0.480 e. The Balaban J connectivity index is 2.02. The van der Waals surface area contributed by atoms with Gasteiger partial charge in [0.1, 0.15) is 6.54 Å². The third-order valence-electron chi connectivity index (χ3n) is 3.99. The van der Waals surface area contributed by atoms with E-state index in [-0.39, 0.29) is 24.9 Å². The molecular weight excluding hydrogens is 344 g/mol. The molecule has 0 aliphatic heterocycles. The van der Waals surface area contributed by atoms with Crippen LogP contribution >= 0.6 is 11.6 Å². The summed E-state index contributed by atoms with van der Waals surface area (Å²) in [6.07, 6.45) is 2.70. The molecule has 0 bridgehead atoms. The van der Waals surface area contributed by atoms with Gasteiger partial charge in [-0.1, -0.05) is 30.7 Å². The fraction of sp³-hybridized carbons (Fsp3) is 0.389. The maximum Gasteiger partial charge on any atom is 0.323 e. The Morgan fingerprint density at radius 2 is 2.08 bits per heavy atom. The van der Waals surface area contributed by atoms with Gasteiger partial charge in [0.2, 0.25) is 5.91 Å². The van der Waals surface area contributed by atoms with Crippen molar-refractivity contribution in [2.24, 2.45) is 0 Å². The first-order valence-electron chi connectivity index (χ1n) is 8.13. The summed E-state index contributed by atoms with van der Waals surface area (Å²) in [5, 5.41) is 9.54. The fourth-order valence-corrected chi connectivity index (χ4v) is 2.65. The molecule has 1 aromatic carbocycles. The number of benzene rings is 1. The number of rotatable bonds is 8. The average molecular weight is 365 g/mol. The molecule has 0 saturated carbocycles. The molecule has 1 amide bonds. The van der Waals surface area contributed by atoms with Gasteiger partial charge in [-0.05, 0) is 25.5 Å². The molecule has 7 heteroatoms. The van der Waals surface area contributed by atoms with Crippen molar-refractivity contribution in [2.75, 3.05) is 6.54 Å². The number of aromatic nitrogens is 1. The summed E-state index contributed by atoms with van der Waals surface area (Å²) in [6.45, 7) is 3.45. The number of carboxylic acids is 1. The van der Waals surface area contributed by atoms with Crippen LogP contribution in [0.1, 0.15) is 32.6 Å². The zero-order valence-electron chi connectivity index (χ0n) is 14.2. The molecule has 0 fully saturated rings. The molecule has 2 rings (SSSR count). The Morgan fingerprint density at radius 1 is 1.36 bits per heavy atom. The summed E-state index contributed by atoms with van der Waals surface area (Å²) in [5.74, 6) is -0.292. The maximum absolute atomic E-state index is 12.4. The van der Waals surface area contributed by atoms with Gasteiger partial charge in [0.05, 0.1) is 11.2 Å². The molecule has 0 aliphatic carbocycles. The number of hydrogen-bond donors (Lipinski definition) is 1. The second-order valence-electron chi connectivity index (χ2n) is 5.77. The average Bonchev–Trinajstić information content (AvgIpc) is 3.06. The predicted molar refractivity (Wildman–Crippen MR) is 94.4 cm³/mol. The predicted octanol–water partition coefficient (Wildman–Crippen LogP) is 3.64. The summed E-state index contributed by atoms with van der Waals surface area (Å²) in [6, 6.07) is 7.14. The molecule has 134 valence electrons. The number of halogens is 1. The van der Waals surface area contributed by atoms with E-state index < -0.39 is 5.97 Å². The number of hydrogen-bond acceptors (Lipinski definition) is 4. The van der Waals surface area contributed by atoms with Gasteiger partial charge in [-0.2, -0.15) is 0 Å². The number of aliphatic carboxylic acids is 1. The summed E-state index contributed by atoms with van der Waals surface area (Å²) < 4.78 is 5.67. The molecule has 1 heterocycles.